The average molecular weight is 479 g/mol. The van der Waals surface area contributed by atoms with Crippen molar-refractivity contribution in [2.45, 2.75) is 13.0 Å². The number of thiophene rings is 1. The average Bonchev–Trinajstić information content (AvgIpc) is 3.54. The van der Waals surface area contributed by atoms with E-state index < -0.39 is 18.0 Å². The Balaban J connectivity index is 1.51. The van der Waals surface area contributed by atoms with Gasteiger partial charge in [-0.3, -0.25) is 4.79 Å². The van der Waals surface area contributed by atoms with Crippen LogP contribution < -0.4 is 14.8 Å². The molecule has 2 aromatic heterocycles. The zero-order valence-electron chi connectivity index (χ0n) is 18.7. The molecular formula is C24H22N4O5S. The quantitative estimate of drug-likeness (QED) is 0.379. The van der Waals surface area contributed by atoms with Gasteiger partial charge in [0.05, 0.1) is 24.8 Å². The number of hydrogen-bond acceptors (Lipinski definition) is 8. The minimum absolute atomic E-state index is 0.141. The van der Waals surface area contributed by atoms with Crippen LogP contribution in [0.15, 0.2) is 66.0 Å². The summed E-state index contributed by atoms with van der Waals surface area (Å²) < 4.78 is 17.4. The van der Waals surface area contributed by atoms with Gasteiger partial charge in [-0.1, -0.05) is 24.3 Å². The molecule has 1 amide bonds. The van der Waals surface area contributed by atoms with Crippen molar-refractivity contribution < 1.29 is 23.8 Å². The lowest BCUT2D eigenvalue weighted by atomic mass is 10.2. The summed E-state index contributed by atoms with van der Waals surface area (Å²) in [4.78, 5) is 30.6. The summed E-state index contributed by atoms with van der Waals surface area (Å²) in [6.45, 7) is 1.47. The Morgan fingerprint density at radius 3 is 2.44 bits per heavy atom. The van der Waals surface area contributed by atoms with Gasteiger partial charge in [-0.15, -0.1) is 16.4 Å². The van der Waals surface area contributed by atoms with Gasteiger partial charge in [0.25, 0.3) is 11.7 Å². The molecule has 10 heteroatoms. The number of hydrogen-bond donors (Lipinski definition) is 1. The highest BCUT2D eigenvalue weighted by molar-refractivity contribution is 7.13. The van der Waals surface area contributed by atoms with Crippen molar-refractivity contribution in [1.82, 2.24) is 14.8 Å². The second-order valence-electron chi connectivity index (χ2n) is 7.09. The van der Waals surface area contributed by atoms with E-state index >= 15 is 0 Å². The van der Waals surface area contributed by atoms with Crippen molar-refractivity contribution in [1.29, 1.82) is 0 Å². The van der Waals surface area contributed by atoms with Crippen molar-refractivity contribution >= 4 is 28.9 Å². The Morgan fingerprint density at radius 2 is 1.76 bits per heavy atom. The summed E-state index contributed by atoms with van der Waals surface area (Å²) in [6.07, 6.45) is -1.09. The number of ether oxygens (including phenoxy) is 3. The van der Waals surface area contributed by atoms with Gasteiger partial charge in [-0.05, 0) is 42.6 Å². The molecule has 0 radical (unpaired) electrons. The van der Waals surface area contributed by atoms with E-state index in [1.165, 1.54) is 32.5 Å². The first-order valence-electron chi connectivity index (χ1n) is 10.3. The second kappa shape index (κ2) is 10.2. The van der Waals surface area contributed by atoms with Crippen LogP contribution in [-0.4, -0.2) is 47.0 Å². The first-order chi connectivity index (χ1) is 16.5. The first-order valence-corrected chi connectivity index (χ1v) is 11.2. The third kappa shape index (κ3) is 4.91. The molecule has 0 aliphatic carbocycles. The summed E-state index contributed by atoms with van der Waals surface area (Å²) in [6, 6.07) is 18.1. The summed E-state index contributed by atoms with van der Waals surface area (Å²) in [5, 5.41) is 8.96. The number of anilines is 1. The normalized spacial score (nSPS) is 11.5. The Labute approximate surface area is 199 Å². The highest BCUT2D eigenvalue weighted by atomic mass is 32.1. The number of aromatic nitrogens is 3. The first kappa shape index (κ1) is 23.0. The smallest absolute Gasteiger partial charge is 0.379 e. The van der Waals surface area contributed by atoms with Gasteiger partial charge in [-0.2, -0.15) is 4.98 Å². The van der Waals surface area contributed by atoms with Crippen LogP contribution in [0.5, 0.6) is 11.5 Å². The van der Waals surface area contributed by atoms with Crippen molar-refractivity contribution in [2.24, 2.45) is 0 Å². The Bertz CT molecular complexity index is 1290. The highest BCUT2D eigenvalue weighted by Gasteiger charge is 2.25. The van der Waals surface area contributed by atoms with Crippen LogP contribution in [0.4, 0.5) is 5.69 Å². The maximum atomic E-state index is 12.8. The van der Waals surface area contributed by atoms with Crippen LogP contribution in [0.3, 0.4) is 0 Å². The minimum Gasteiger partial charge on any atom is -0.493 e. The summed E-state index contributed by atoms with van der Waals surface area (Å²) in [7, 11) is 3.02. The Kier molecular flexibility index (Phi) is 6.88. The van der Waals surface area contributed by atoms with E-state index in [0.29, 0.717) is 23.0 Å². The number of methoxy groups -OCH3 is 2. The Hall–Kier alpha value is -4.18. The summed E-state index contributed by atoms with van der Waals surface area (Å²) in [5.41, 5.74) is 1.22. The number of carbonyl (C=O) groups excluding carboxylic acids is 2. The van der Waals surface area contributed by atoms with E-state index in [2.05, 4.69) is 15.4 Å². The molecule has 4 rings (SSSR count). The molecule has 0 aliphatic rings. The van der Waals surface area contributed by atoms with Gasteiger partial charge in [-0.25, -0.2) is 9.48 Å². The van der Waals surface area contributed by atoms with Crippen molar-refractivity contribution in [3.05, 3.63) is 71.9 Å². The number of para-hydroxylation sites is 1. The molecule has 1 N–H and O–H groups in total. The van der Waals surface area contributed by atoms with E-state index in [1.54, 1.807) is 22.9 Å². The largest absolute Gasteiger partial charge is 0.493 e. The minimum atomic E-state index is -1.09. The van der Waals surface area contributed by atoms with Crippen LogP contribution in [0.1, 0.15) is 17.5 Å². The monoisotopic (exact) mass is 478 g/mol. The number of benzene rings is 2. The highest BCUT2D eigenvalue weighted by Crippen LogP contribution is 2.30. The molecule has 1 unspecified atom stereocenters. The topological polar surface area (TPSA) is 105 Å². The standard InChI is InChI=1S/C24H22N4O5S/c1-15(23(29)25-16-11-12-18(31-2)19(14-16)32-3)33-24(30)21-26-22(20-10-7-13-34-20)28(27-21)17-8-5-4-6-9-17/h4-15H,1-3H3,(H,25,29). The molecule has 0 bridgehead atoms. The molecule has 0 aliphatic heterocycles. The SMILES string of the molecule is COc1ccc(NC(=O)C(C)OC(=O)c2nc(-c3cccs3)n(-c3ccccc3)n2)cc1OC. The molecule has 2 aromatic carbocycles. The lowest BCUT2D eigenvalue weighted by Gasteiger charge is -2.14. The molecular weight excluding hydrogens is 456 g/mol. The lowest BCUT2D eigenvalue weighted by molar-refractivity contribution is -0.123. The molecule has 34 heavy (non-hydrogen) atoms. The van der Waals surface area contributed by atoms with Gasteiger partial charge in [0.2, 0.25) is 0 Å². The molecule has 9 nitrogen and oxygen atoms in total. The second-order valence-corrected chi connectivity index (χ2v) is 8.04. The van der Waals surface area contributed by atoms with Crippen LogP contribution in [0, 0.1) is 0 Å². The van der Waals surface area contributed by atoms with Gasteiger partial charge >= 0.3 is 5.97 Å². The Morgan fingerprint density at radius 1 is 1.00 bits per heavy atom. The molecule has 0 fully saturated rings. The third-order valence-electron chi connectivity index (χ3n) is 4.84. The predicted molar refractivity (Wildman–Crippen MR) is 128 cm³/mol. The van der Waals surface area contributed by atoms with Crippen molar-refractivity contribution in [2.75, 3.05) is 19.5 Å². The maximum Gasteiger partial charge on any atom is 0.379 e. The van der Waals surface area contributed by atoms with E-state index in [9.17, 15) is 9.59 Å². The van der Waals surface area contributed by atoms with Gasteiger partial charge in [0, 0.05) is 11.8 Å². The van der Waals surface area contributed by atoms with E-state index in [0.717, 1.165) is 10.6 Å². The molecule has 0 saturated heterocycles. The van der Waals surface area contributed by atoms with Crippen molar-refractivity contribution in [3.63, 3.8) is 0 Å². The molecule has 0 spiro atoms. The number of amides is 1. The maximum absolute atomic E-state index is 12.8. The summed E-state index contributed by atoms with van der Waals surface area (Å²) >= 11 is 1.48. The number of carbonyl (C=O) groups is 2. The molecule has 0 saturated carbocycles. The van der Waals surface area contributed by atoms with E-state index in [-0.39, 0.29) is 5.82 Å². The molecule has 2 heterocycles. The van der Waals surface area contributed by atoms with E-state index in [1.807, 2.05) is 47.8 Å². The number of nitrogens with one attached hydrogen (secondary N) is 1. The van der Waals surface area contributed by atoms with Gasteiger partial charge in [0.15, 0.2) is 23.4 Å². The lowest BCUT2D eigenvalue weighted by Crippen LogP contribution is -2.30. The fourth-order valence-corrected chi connectivity index (χ4v) is 3.84. The molecule has 1 atom stereocenters. The van der Waals surface area contributed by atoms with Crippen LogP contribution in [0.25, 0.3) is 16.4 Å². The molecule has 4 aromatic rings. The van der Waals surface area contributed by atoms with Gasteiger partial charge in [0.1, 0.15) is 0 Å². The third-order valence-corrected chi connectivity index (χ3v) is 5.70. The van der Waals surface area contributed by atoms with Crippen LogP contribution in [0.2, 0.25) is 0 Å². The molecule has 174 valence electrons. The van der Waals surface area contributed by atoms with Gasteiger partial charge < -0.3 is 19.5 Å². The summed E-state index contributed by atoms with van der Waals surface area (Å²) in [5.74, 6) is 0.0425. The van der Waals surface area contributed by atoms with Crippen molar-refractivity contribution in [3.8, 4) is 27.9 Å². The zero-order valence-corrected chi connectivity index (χ0v) is 19.5. The predicted octanol–water partition coefficient (Wildman–Crippen LogP) is 4.20. The van der Waals surface area contributed by atoms with E-state index in [4.69, 9.17) is 14.2 Å². The fraction of sp³-hybridized carbons (Fsp3) is 0.167. The number of nitrogens with zero attached hydrogens (tertiary/aromatic N) is 3. The zero-order chi connectivity index (χ0) is 24.1. The number of rotatable bonds is 8. The number of esters is 1. The van der Waals surface area contributed by atoms with Crippen LogP contribution in [-0.2, 0) is 9.53 Å². The van der Waals surface area contributed by atoms with Crippen LogP contribution >= 0.6 is 11.3 Å². The fourth-order valence-electron chi connectivity index (χ4n) is 3.14.